The van der Waals surface area contributed by atoms with Gasteiger partial charge in [-0.3, -0.25) is 0 Å². The van der Waals surface area contributed by atoms with Crippen molar-refractivity contribution in [3.05, 3.63) is 53.0 Å². The number of benzene rings is 2. The third kappa shape index (κ3) is 4.29. The summed E-state index contributed by atoms with van der Waals surface area (Å²) in [5.74, 6) is 0.891. The Morgan fingerprint density at radius 1 is 1.23 bits per heavy atom. The minimum Gasteiger partial charge on any atom is -0.335 e. The first-order valence-corrected chi connectivity index (χ1v) is 9.12. The van der Waals surface area contributed by atoms with E-state index in [1.165, 1.54) is 0 Å². The molecule has 0 saturated heterocycles. The van der Waals surface area contributed by atoms with Gasteiger partial charge in [0.15, 0.2) is 0 Å². The molecule has 1 heterocycles. The standard InChI is InChI=1S/C19H19BrN4O2/c1-3-12(2)21-19(25)22-14-8-6-7-13(11-14)17-23-18(26-24-17)15-9-4-5-10-16(15)20/h4-12H,3H2,1-2H3,(H2,21,22,25)/t12-/m1/s1. The van der Waals surface area contributed by atoms with Crippen molar-refractivity contribution in [3.8, 4) is 22.8 Å². The summed E-state index contributed by atoms with van der Waals surface area (Å²) in [5, 5.41) is 9.74. The van der Waals surface area contributed by atoms with Gasteiger partial charge in [-0.25, -0.2) is 4.79 Å². The number of urea groups is 1. The molecule has 0 aliphatic heterocycles. The van der Waals surface area contributed by atoms with Crippen LogP contribution in [0.4, 0.5) is 10.5 Å². The fraction of sp³-hybridized carbons (Fsp3) is 0.211. The zero-order valence-electron chi connectivity index (χ0n) is 14.5. The molecule has 0 saturated carbocycles. The molecule has 0 aliphatic rings. The van der Waals surface area contributed by atoms with Crippen molar-refractivity contribution >= 4 is 27.6 Å². The van der Waals surface area contributed by atoms with Gasteiger partial charge in [0, 0.05) is 21.8 Å². The van der Waals surface area contributed by atoms with Crippen LogP contribution in [-0.2, 0) is 0 Å². The van der Waals surface area contributed by atoms with Gasteiger partial charge in [-0.1, -0.05) is 36.3 Å². The van der Waals surface area contributed by atoms with Crippen LogP contribution in [0.5, 0.6) is 0 Å². The van der Waals surface area contributed by atoms with E-state index in [4.69, 9.17) is 4.52 Å². The lowest BCUT2D eigenvalue weighted by Gasteiger charge is -2.12. The van der Waals surface area contributed by atoms with E-state index in [0.29, 0.717) is 17.4 Å². The molecule has 2 aromatic carbocycles. The summed E-state index contributed by atoms with van der Waals surface area (Å²) >= 11 is 3.48. The molecule has 7 heteroatoms. The smallest absolute Gasteiger partial charge is 0.319 e. The van der Waals surface area contributed by atoms with Crippen LogP contribution in [0, 0.1) is 0 Å². The lowest BCUT2D eigenvalue weighted by molar-refractivity contribution is 0.249. The van der Waals surface area contributed by atoms with E-state index in [9.17, 15) is 4.79 Å². The van der Waals surface area contributed by atoms with Crippen LogP contribution < -0.4 is 10.6 Å². The molecule has 3 aromatic rings. The fourth-order valence-electron chi connectivity index (χ4n) is 2.31. The molecule has 2 N–H and O–H groups in total. The van der Waals surface area contributed by atoms with Gasteiger partial charge in [0.05, 0.1) is 5.56 Å². The maximum absolute atomic E-state index is 12.0. The van der Waals surface area contributed by atoms with Gasteiger partial charge in [0.2, 0.25) is 5.82 Å². The number of halogens is 1. The average molecular weight is 415 g/mol. The number of rotatable bonds is 5. The van der Waals surface area contributed by atoms with Crippen LogP contribution >= 0.6 is 15.9 Å². The fourth-order valence-corrected chi connectivity index (χ4v) is 2.77. The molecule has 3 rings (SSSR count). The molecule has 0 aliphatic carbocycles. The molecule has 0 unspecified atom stereocenters. The van der Waals surface area contributed by atoms with Gasteiger partial charge in [-0.05, 0) is 53.5 Å². The van der Waals surface area contributed by atoms with Crippen molar-refractivity contribution in [1.29, 1.82) is 0 Å². The van der Waals surface area contributed by atoms with Crippen molar-refractivity contribution in [2.24, 2.45) is 0 Å². The zero-order valence-corrected chi connectivity index (χ0v) is 16.1. The molecule has 0 spiro atoms. The Morgan fingerprint density at radius 3 is 2.81 bits per heavy atom. The lowest BCUT2D eigenvalue weighted by atomic mass is 10.2. The van der Waals surface area contributed by atoms with Gasteiger partial charge >= 0.3 is 6.03 Å². The summed E-state index contributed by atoms with van der Waals surface area (Å²) in [6, 6.07) is 14.8. The number of nitrogens with zero attached hydrogens (tertiary/aromatic N) is 2. The van der Waals surface area contributed by atoms with Crippen molar-refractivity contribution in [2.75, 3.05) is 5.32 Å². The predicted octanol–water partition coefficient (Wildman–Crippen LogP) is 5.09. The second-order valence-corrected chi connectivity index (χ2v) is 6.75. The predicted molar refractivity (Wildman–Crippen MR) is 105 cm³/mol. The Morgan fingerprint density at radius 2 is 2.04 bits per heavy atom. The first-order valence-electron chi connectivity index (χ1n) is 8.33. The normalized spacial score (nSPS) is 11.8. The molecule has 0 bridgehead atoms. The Kier molecular flexibility index (Phi) is 5.68. The van der Waals surface area contributed by atoms with E-state index in [-0.39, 0.29) is 12.1 Å². The second-order valence-electron chi connectivity index (χ2n) is 5.89. The molecule has 26 heavy (non-hydrogen) atoms. The minimum absolute atomic E-state index is 0.113. The van der Waals surface area contributed by atoms with Gasteiger partial charge in [0.1, 0.15) is 0 Å². The highest BCUT2D eigenvalue weighted by molar-refractivity contribution is 9.10. The Labute approximate surface area is 160 Å². The monoisotopic (exact) mass is 414 g/mol. The Bertz CT molecular complexity index is 910. The summed E-state index contributed by atoms with van der Waals surface area (Å²) in [7, 11) is 0. The van der Waals surface area contributed by atoms with Crippen molar-refractivity contribution < 1.29 is 9.32 Å². The highest BCUT2D eigenvalue weighted by Gasteiger charge is 2.13. The molecular formula is C19H19BrN4O2. The number of anilines is 1. The summed E-state index contributed by atoms with van der Waals surface area (Å²) < 4.78 is 6.27. The molecule has 134 valence electrons. The minimum atomic E-state index is -0.237. The maximum Gasteiger partial charge on any atom is 0.319 e. The highest BCUT2D eigenvalue weighted by atomic mass is 79.9. The van der Waals surface area contributed by atoms with Crippen LogP contribution in [0.15, 0.2) is 57.5 Å². The van der Waals surface area contributed by atoms with Crippen molar-refractivity contribution in [3.63, 3.8) is 0 Å². The number of carbonyl (C=O) groups is 1. The lowest BCUT2D eigenvalue weighted by Crippen LogP contribution is -2.35. The summed E-state index contributed by atoms with van der Waals surface area (Å²) in [5.41, 5.74) is 2.25. The van der Waals surface area contributed by atoms with E-state index in [2.05, 4.69) is 36.7 Å². The Hall–Kier alpha value is -2.67. The van der Waals surface area contributed by atoms with E-state index in [0.717, 1.165) is 22.0 Å². The second kappa shape index (κ2) is 8.14. The quantitative estimate of drug-likeness (QED) is 0.609. The summed E-state index contributed by atoms with van der Waals surface area (Å²) in [6.45, 7) is 3.98. The van der Waals surface area contributed by atoms with Gasteiger partial charge < -0.3 is 15.2 Å². The number of amides is 2. The van der Waals surface area contributed by atoms with E-state index in [1.807, 2.05) is 62.4 Å². The largest absolute Gasteiger partial charge is 0.335 e. The van der Waals surface area contributed by atoms with Gasteiger partial charge in [0.25, 0.3) is 5.89 Å². The molecule has 0 fully saturated rings. The maximum atomic E-state index is 12.0. The number of hydrogen-bond donors (Lipinski definition) is 2. The van der Waals surface area contributed by atoms with Gasteiger partial charge in [-0.2, -0.15) is 4.98 Å². The molecule has 1 atom stereocenters. The number of carbonyl (C=O) groups excluding carboxylic acids is 1. The third-order valence-electron chi connectivity index (χ3n) is 3.90. The van der Waals surface area contributed by atoms with Crippen molar-refractivity contribution in [1.82, 2.24) is 15.5 Å². The van der Waals surface area contributed by atoms with Crippen LogP contribution in [0.2, 0.25) is 0 Å². The zero-order chi connectivity index (χ0) is 18.5. The van der Waals surface area contributed by atoms with Crippen molar-refractivity contribution in [2.45, 2.75) is 26.3 Å². The molecule has 2 amide bonds. The number of hydrogen-bond acceptors (Lipinski definition) is 4. The number of nitrogens with one attached hydrogen (secondary N) is 2. The van der Waals surface area contributed by atoms with Gasteiger partial charge in [-0.15, -0.1) is 0 Å². The Balaban J connectivity index is 1.79. The first kappa shape index (κ1) is 18.1. The third-order valence-corrected chi connectivity index (χ3v) is 4.59. The van der Waals surface area contributed by atoms with E-state index in [1.54, 1.807) is 0 Å². The average Bonchev–Trinajstić information content (AvgIpc) is 3.12. The topological polar surface area (TPSA) is 80.0 Å². The molecule has 0 radical (unpaired) electrons. The first-order chi connectivity index (χ1) is 12.6. The number of aromatic nitrogens is 2. The molecule has 6 nitrogen and oxygen atoms in total. The molecule has 1 aromatic heterocycles. The summed E-state index contributed by atoms with van der Waals surface area (Å²) in [4.78, 5) is 16.4. The van der Waals surface area contributed by atoms with E-state index < -0.39 is 0 Å². The van der Waals surface area contributed by atoms with Crippen LogP contribution in [0.25, 0.3) is 22.8 Å². The summed E-state index contributed by atoms with van der Waals surface area (Å²) in [6.07, 6.45) is 0.869. The highest BCUT2D eigenvalue weighted by Crippen LogP contribution is 2.28. The molecular weight excluding hydrogens is 396 g/mol. The van der Waals surface area contributed by atoms with Crippen LogP contribution in [0.1, 0.15) is 20.3 Å². The van der Waals surface area contributed by atoms with Crippen LogP contribution in [0.3, 0.4) is 0 Å². The van der Waals surface area contributed by atoms with Crippen LogP contribution in [-0.4, -0.2) is 22.2 Å². The van der Waals surface area contributed by atoms with E-state index >= 15 is 0 Å². The SMILES string of the molecule is CC[C@@H](C)NC(=O)Nc1cccc(-c2noc(-c3ccccc3Br)n2)c1.